The van der Waals surface area contributed by atoms with Crippen molar-refractivity contribution in [1.82, 2.24) is 5.43 Å². The molecule has 0 aromatic heterocycles. The molecule has 0 heterocycles. The van der Waals surface area contributed by atoms with E-state index in [1.807, 2.05) is 13.8 Å². The highest BCUT2D eigenvalue weighted by atomic mass is 15.4. The van der Waals surface area contributed by atoms with Crippen molar-refractivity contribution < 1.29 is 0 Å². The highest BCUT2D eigenvalue weighted by molar-refractivity contribution is 5.97. The van der Waals surface area contributed by atoms with E-state index >= 15 is 0 Å². The maximum Gasteiger partial charge on any atom is 0.176 e. The van der Waals surface area contributed by atoms with Crippen molar-refractivity contribution >= 4 is 11.5 Å². The first kappa shape index (κ1) is 11.2. The second-order valence-corrected chi connectivity index (χ2v) is 3.46. The van der Waals surface area contributed by atoms with Crippen molar-refractivity contribution in [2.45, 2.75) is 19.9 Å². The molecule has 0 aliphatic carbocycles. The van der Waals surface area contributed by atoms with E-state index in [1.54, 1.807) is 24.3 Å². The number of nitrogens with one attached hydrogen (secondary N) is 2. The molecule has 0 unspecified atom stereocenters. The summed E-state index contributed by atoms with van der Waals surface area (Å²) in [5, 5.41) is 15.0. The van der Waals surface area contributed by atoms with Gasteiger partial charge in [-0.25, -0.2) is 0 Å². The van der Waals surface area contributed by atoms with Crippen molar-refractivity contribution in [1.29, 1.82) is 5.41 Å². The molecule has 0 bridgehead atoms. The van der Waals surface area contributed by atoms with Crippen LogP contribution in [0.2, 0.25) is 0 Å². The largest absolute Gasteiger partial charge is 0.399 e. The second-order valence-electron chi connectivity index (χ2n) is 3.46. The van der Waals surface area contributed by atoms with E-state index in [4.69, 9.17) is 11.1 Å². The zero-order valence-electron chi connectivity index (χ0n) is 8.86. The monoisotopic (exact) mass is 205 g/mol. The predicted molar refractivity (Wildman–Crippen MR) is 60.8 cm³/mol. The van der Waals surface area contributed by atoms with Gasteiger partial charge in [-0.3, -0.25) is 10.8 Å². The Balaban J connectivity index is 2.65. The van der Waals surface area contributed by atoms with Gasteiger partial charge in [-0.1, -0.05) is 17.4 Å². The summed E-state index contributed by atoms with van der Waals surface area (Å²) in [7, 11) is 0. The lowest BCUT2D eigenvalue weighted by Crippen LogP contribution is -2.15. The van der Waals surface area contributed by atoms with Crippen LogP contribution < -0.4 is 11.2 Å². The number of nitrogens with zero attached hydrogens (tertiary/aromatic N) is 2. The van der Waals surface area contributed by atoms with Gasteiger partial charge in [0.15, 0.2) is 5.84 Å². The molecule has 0 saturated heterocycles. The molecule has 0 saturated carbocycles. The number of hydrogen-bond acceptors (Lipinski definition) is 3. The highest BCUT2D eigenvalue weighted by Gasteiger charge is 1.99. The zero-order valence-corrected chi connectivity index (χ0v) is 8.86. The molecule has 1 aromatic carbocycles. The Morgan fingerprint density at radius 1 is 1.47 bits per heavy atom. The summed E-state index contributed by atoms with van der Waals surface area (Å²) < 4.78 is 0. The van der Waals surface area contributed by atoms with Gasteiger partial charge in [0.2, 0.25) is 0 Å². The van der Waals surface area contributed by atoms with E-state index in [1.165, 1.54) is 0 Å². The maximum atomic E-state index is 7.61. The van der Waals surface area contributed by atoms with E-state index in [9.17, 15) is 0 Å². The summed E-state index contributed by atoms with van der Waals surface area (Å²) >= 11 is 0. The third-order valence-electron chi connectivity index (χ3n) is 1.63. The van der Waals surface area contributed by atoms with E-state index in [0.29, 0.717) is 11.3 Å². The second kappa shape index (κ2) is 5.09. The molecule has 0 radical (unpaired) electrons. The van der Waals surface area contributed by atoms with E-state index in [0.717, 1.165) is 0 Å². The number of rotatable bonds is 3. The topological polar surface area (TPSA) is 86.6 Å². The maximum absolute atomic E-state index is 7.61. The number of nitrogen functional groups attached to an aromatic ring is 1. The molecule has 5 heteroatoms. The van der Waals surface area contributed by atoms with Gasteiger partial charge in [0, 0.05) is 17.3 Å². The fraction of sp³-hybridized carbons (Fsp3) is 0.300. The molecule has 1 rings (SSSR count). The Bertz CT molecular complexity index is 370. The molecule has 80 valence electrons. The van der Waals surface area contributed by atoms with E-state index in [2.05, 4.69) is 15.8 Å². The van der Waals surface area contributed by atoms with Crippen LogP contribution in [0.5, 0.6) is 0 Å². The molecule has 0 fully saturated rings. The molecule has 0 atom stereocenters. The van der Waals surface area contributed by atoms with Gasteiger partial charge in [0.05, 0.1) is 0 Å². The summed E-state index contributed by atoms with van der Waals surface area (Å²) in [6.07, 6.45) is 0. The molecule has 0 aliphatic rings. The average molecular weight is 205 g/mol. The Labute approximate surface area is 88.9 Å². The standard InChI is InChI=1S/C10H15N5/c1-7(2)13-15-14-10(12)8-4-3-5-9(11)6-8/h3-7H,11H2,1-2H3,(H2,12,13,14). The zero-order chi connectivity index (χ0) is 11.3. The number of nitrogens with two attached hydrogens (primary N) is 1. The lowest BCUT2D eigenvalue weighted by atomic mass is 10.2. The van der Waals surface area contributed by atoms with Crippen LogP contribution in [-0.2, 0) is 0 Å². The Morgan fingerprint density at radius 2 is 2.20 bits per heavy atom. The summed E-state index contributed by atoms with van der Waals surface area (Å²) in [5.41, 5.74) is 9.61. The predicted octanol–water partition coefficient (Wildman–Crippen LogP) is 1.96. The van der Waals surface area contributed by atoms with Crippen molar-refractivity contribution in [2.24, 2.45) is 10.3 Å². The first-order chi connectivity index (χ1) is 7.09. The number of anilines is 1. The first-order valence-corrected chi connectivity index (χ1v) is 4.70. The Morgan fingerprint density at radius 3 is 2.80 bits per heavy atom. The third kappa shape index (κ3) is 3.76. The molecular weight excluding hydrogens is 190 g/mol. The minimum atomic E-state index is 0.0930. The normalized spacial score (nSPS) is 10.9. The van der Waals surface area contributed by atoms with Crippen LogP contribution in [-0.4, -0.2) is 11.9 Å². The van der Waals surface area contributed by atoms with Gasteiger partial charge in [-0.2, -0.15) is 0 Å². The smallest absolute Gasteiger partial charge is 0.176 e. The van der Waals surface area contributed by atoms with Gasteiger partial charge in [-0.05, 0) is 26.0 Å². The van der Waals surface area contributed by atoms with Crippen molar-refractivity contribution in [3.8, 4) is 0 Å². The first-order valence-electron chi connectivity index (χ1n) is 4.70. The molecule has 0 aliphatic heterocycles. The van der Waals surface area contributed by atoms with Gasteiger partial charge < -0.3 is 5.73 Å². The SMILES string of the molecule is CC(C)N/N=N\C(=N)c1cccc(N)c1. The average Bonchev–Trinajstić information content (AvgIpc) is 2.17. The van der Waals surface area contributed by atoms with E-state index in [-0.39, 0.29) is 11.9 Å². The molecule has 0 amide bonds. The van der Waals surface area contributed by atoms with Gasteiger partial charge in [-0.15, -0.1) is 5.11 Å². The molecular formula is C10H15N5. The van der Waals surface area contributed by atoms with Gasteiger partial charge in [0.1, 0.15) is 0 Å². The third-order valence-corrected chi connectivity index (χ3v) is 1.63. The minimum Gasteiger partial charge on any atom is -0.399 e. The molecule has 15 heavy (non-hydrogen) atoms. The Hall–Kier alpha value is -1.91. The molecule has 4 N–H and O–H groups in total. The van der Waals surface area contributed by atoms with Crippen molar-refractivity contribution in [3.05, 3.63) is 29.8 Å². The van der Waals surface area contributed by atoms with Crippen LogP contribution in [0.1, 0.15) is 19.4 Å². The molecule has 1 aromatic rings. The van der Waals surface area contributed by atoms with Crippen LogP contribution >= 0.6 is 0 Å². The van der Waals surface area contributed by atoms with Crippen LogP contribution in [0.15, 0.2) is 34.6 Å². The number of benzene rings is 1. The summed E-state index contributed by atoms with van der Waals surface area (Å²) in [4.78, 5) is 0. The number of hydrogen-bond donors (Lipinski definition) is 3. The van der Waals surface area contributed by atoms with Gasteiger partial charge in [0.25, 0.3) is 0 Å². The highest BCUT2D eigenvalue weighted by Crippen LogP contribution is 2.07. The summed E-state index contributed by atoms with van der Waals surface area (Å²) in [5.74, 6) is 0.0930. The molecule has 5 nitrogen and oxygen atoms in total. The minimum absolute atomic E-state index is 0.0930. The fourth-order valence-electron chi connectivity index (χ4n) is 0.938. The van der Waals surface area contributed by atoms with Crippen LogP contribution in [0.4, 0.5) is 5.69 Å². The Kier molecular flexibility index (Phi) is 3.79. The van der Waals surface area contributed by atoms with Gasteiger partial charge >= 0.3 is 0 Å². The lowest BCUT2D eigenvalue weighted by Gasteiger charge is -2.01. The van der Waals surface area contributed by atoms with Crippen LogP contribution in [0.3, 0.4) is 0 Å². The molecule has 0 spiro atoms. The fourth-order valence-corrected chi connectivity index (χ4v) is 0.938. The lowest BCUT2D eigenvalue weighted by molar-refractivity contribution is 0.595. The number of amidine groups is 1. The van der Waals surface area contributed by atoms with Crippen molar-refractivity contribution in [3.63, 3.8) is 0 Å². The quantitative estimate of drug-likeness (QED) is 0.231. The summed E-state index contributed by atoms with van der Waals surface area (Å²) in [6.45, 7) is 3.90. The van der Waals surface area contributed by atoms with Crippen LogP contribution in [0.25, 0.3) is 0 Å². The van der Waals surface area contributed by atoms with Crippen LogP contribution in [0, 0.1) is 5.41 Å². The van der Waals surface area contributed by atoms with E-state index < -0.39 is 0 Å². The van der Waals surface area contributed by atoms with Crippen molar-refractivity contribution in [2.75, 3.05) is 5.73 Å². The summed E-state index contributed by atoms with van der Waals surface area (Å²) in [6, 6.07) is 7.22.